The van der Waals surface area contributed by atoms with Gasteiger partial charge >= 0.3 is 0 Å². The summed E-state index contributed by atoms with van der Waals surface area (Å²) in [7, 11) is 1.85. The Morgan fingerprint density at radius 2 is 1.85 bits per heavy atom. The summed E-state index contributed by atoms with van der Waals surface area (Å²) in [6.07, 6.45) is 9.22. The summed E-state index contributed by atoms with van der Waals surface area (Å²) in [6, 6.07) is 12.4. The number of anilines is 1. The molecule has 0 atom stereocenters. The maximum atomic E-state index is 12.7. The molecule has 2 aromatic heterocycles. The van der Waals surface area contributed by atoms with Crippen molar-refractivity contribution in [2.24, 2.45) is 0 Å². The van der Waals surface area contributed by atoms with E-state index in [9.17, 15) is 4.79 Å². The predicted molar refractivity (Wildman–Crippen MR) is 103 cm³/mol. The zero-order valence-corrected chi connectivity index (χ0v) is 15.1. The quantitative estimate of drug-likeness (QED) is 0.723. The standard InChI is InChI=1S/C21H24N4O/c1-23(21(26)18-7-10-20-13-22-16-25(20)15-18)14-17-5-8-19(9-6-17)24-11-3-2-4-12-24/h5-10,13,15-16H,2-4,11-12,14H2,1H3. The monoisotopic (exact) mass is 348 g/mol. The van der Waals surface area contributed by atoms with Gasteiger partial charge < -0.3 is 14.2 Å². The van der Waals surface area contributed by atoms with Crippen LogP contribution in [0.5, 0.6) is 0 Å². The topological polar surface area (TPSA) is 40.8 Å². The van der Waals surface area contributed by atoms with Crippen LogP contribution >= 0.6 is 0 Å². The van der Waals surface area contributed by atoms with Crippen LogP contribution in [0.3, 0.4) is 0 Å². The van der Waals surface area contributed by atoms with Gasteiger partial charge in [-0.3, -0.25) is 4.79 Å². The summed E-state index contributed by atoms with van der Waals surface area (Å²) in [5.74, 6) is 0.0145. The van der Waals surface area contributed by atoms with Crippen molar-refractivity contribution in [2.75, 3.05) is 25.0 Å². The van der Waals surface area contributed by atoms with Gasteiger partial charge in [0.2, 0.25) is 0 Å². The lowest BCUT2D eigenvalue weighted by molar-refractivity contribution is 0.0784. The molecule has 26 heavy (non-hydrogen) atoms. The Morgan fingerprint density at radius 3 is 2.62 bits per heavy atom. The number of benzene rings is 1. The first-order valence-corrected chi connectivity index (χ1v) is 9.22. The molecule has 5 heteroatoms. The van der Waals surface area contributed by atoms with Gasteiger partial charge in [-0.05, 0) is 49.1 Å². The highest BCUT2D eigenvalue weighted by molar-refractivity contribution is 5.94. The van der Waals surface area contributed by atoms with Crippen LogP contribution in [0.15, 0.2) is 55.1 Å². The van der Waals surface area contributed by atoms with Crippen LogP contribution in [0.2, 0.25) is 0 Å². The molecule has 1 aliphatic rings. The van der Waals surface area contributed by atoms with Crippen molar-refractivity contribution in [2.45, 2.75) is 25.8 Å². The second-order valence-corrected chi connectivity index (χ2v) is 7.02. The van der Waals surface area contributed by atoms with E-state index in [2.05, 4.69) is 34.1 Å². The molecule has 0 saturated carbocycles. The van der Waals surface area contributed by atoms with E-state index in [1.54, 1.807) is 17.4 Å². The molecule has 5 nitrogen and oxygen atoms in total. The maximum absolute atomic E-state index is 12.7. The number of aromatic nitrogens is 2. The fraction of sp³-hybridized carbons (Fsp3) is 0.333. The minimum Gasteiger partial charge on any atom is -0.372 e. The average Bonchev–Trinajstić information content (AvgIpc) is 3.16. The van der Waals surface area contributed by atoms with E-state index in [-0.39, 0.29) is 5.91 Å². The van der Waals surface area contributed by atoms with Crippen LogP contribution in [-0.4, -0.2) is 40.3 Å². The van der Waals surface area contributed by atoms with Gasteiger partial charge in [-0.2, -0.15) is 0 Å². The van der Waals surface area contributed by atoms with Crippen molar-refractivity contribution >= 4 is 17.1 Å². The number of nitrogens with zero attached hydrogens (tertiary/aromatic N) is 4. The van der Waals surface area contributed by atoms with Crippen molar-refractivity contribution in [3.05, 3.63) is 66.2 Å². The lowest BCUT2D eigenvalue weighted by atomic mass is 10.1. The fourth-order valence-electron chi connectivity index (χ4n) is 3.58. The van der Waals surface area contributed by atoms with Crippen molar-refractivity contribution in [3.63, 3.8) is 0 Å². The molecule has 0 bridgehead atoms. The highest BCUT2D eigenvalue weighted by Crippen LogP contribution is 2.21. The number of hydrogen-bond acceptors (Lipinski definition) is 3. The van der Waals surface area contributed by atoms with Crippen molar-refractivity contribution in [1.29, 1.82) is 0 Å². The number of hydrogen-bond donors (Lipinski definition) is 0. The third-order valence-electron chi connectivity index (χ3n) is 5.08. The van der Waals surface area contributed by atoms with Gasteiger partial charge in [0.05, 0.1) is 23.6 Å². The normalized spacial score (nSPS) is 14.6. The predicted octanol–water partition coefficient (Wildman–Crippen LogP) is 3.60. The second kappa shape index (κ2) is 7.20. The molecular formula is C21H24N4O. The van der Waals surface area contributed by atoms with Crippen molar-refractivity contribution < 1.29 is 4.79 Å². The molecule has 134 valence electrons. The molecule has 3 aromatic rings. The van der Waals surface area contributed by atoms with Crippen LogP contribution in [0.25, 0.3) is 5.52 Å². The van der Waals surface area contributed by atoms with Crippen LogP contribution in [0.4, 0.5) is 5.69 Å². The molecule has 3 heterocycles. The number of amides is 1. The molecule has 1 fully saturated rings. The molecule has 0 spiro atoms. The van der Waals surface area contributed by atoms with Crippen molar-refractivity contribution in [3.8, 4) is 0 Å². The van der Waals surface area contributed by atoms with Crippen molar-refractivity contribution in [1.82, 2.24) is 14.3 Å². The van der Waals surface area contributed by atoms with Crippen LogP contribution in [-0.2, 0) is 6.54 Å². The summed E-state index contributed by atoms with van der Waals surface area (Å²) < 4.78 is 1.87. The van der Waals surface area contributed by atoms with E-state index in [0.717, 1.165) is 24.2 Å². The molecule has 0 unspecified atom stereocenters. The lowest BCUT2D eigenvalue weighted by Crippen LogP contribution is -2.29. The Morgan fingerprint density at radius 1 is 1.08 bits per heavy atom. The Labute approximate surface area is 153 Å². The molecule has 4 rings (SSSR count). The number of carbonyl (C=O) groups is 1. The van der Waals surface area contributed by atoms with Gasteiger partial charge in [-0.25, -0.2) is 4.98 Å². The van der Waals surface area contributed by atoms with Gasteiger partial charge in [0.25, 0.3) is 5.91 Å². The van der Waals surface area contributed by atoms with Crippen LogP contribution in [0.1, 0.15) is 35.2 Å². The average molecular weight is 348 g/mol. The number of fused-ring (bicyclic) bond motifs is 1. The first kappa shape index (κ1) is 16.6. The second-order valence-electron chi connectivity index (χ2n) is 7.02. The highest BCUT2D eigenvalue weighted by Gasteiger charge is 2.14. The number of rotatable bonds is 4. The van der Waals surface area contributed by atoms with Gasteiger partial charge in [-0.1, -0.05) is 12.1 Å². The molecule has 1 amide bonds. The van der Waals surface area contributed by atoms with E-state index in [4.69, 9.17) is 0 Å². The van der Waals surface area contributed by atoms with E-state index in [1.807, 2.05) is 29.8 Å². The molecule has 0 aliphatic carbocycles. The summed E-state index contributed by atoms with van der Waals surface area (Å²) >= 11 is 0. The zero-order chi connectivity index (χ0) is 17.9. The lowest BCUT2D eigenvalue weighted by Gasteiger charge is -2.29. The van der Waals surface area contributed by atoms with Gasteiger partial charge in [-0.15, -0.1) is 0 Å². The summed E-state index contributed by atoms with van der Waals surface area (Å²) in [4.78, 5) is 21.0. The molecule has 0 N–H and O–H groups in total. The fourth-order valence-corrected chi connectivity index (χ4v) is 3.58. The number of pyridine rings is 1. The Balaban J connectivity index is 1.43. The first-order chi connectivity index (χ1) is 12.7. The van der Waals surface area contributed by atoms with E-state index in [1.165, 1.54) is 24.9 Å². The largest absolute Gasteiger partial charge is 0.372 e. The Kier molecular flexibility index (Phi) is 4.61. The third-order valence-corrected chi connectivity index (χ3v) is 5.08. The number of imidazole rings is 1. The molecule has 1 aromatic carbocycles. The summed E-state index contributed by atoms with van der Waals surface area (Å²) in [6.45, 7) is 2.89. The van der Waals surface area contributed by atoms with E-state index < -0.39 is 0 Å². The SMILES string of the molecule is CN(Cc1ccc(N2CCCCC2)cc1)C(=O)c1ccc2cncn2c1. The first-order valence-electron chi connectivity index (χ1n) is 9.22. The van der Waals surface area contributed by atoms with Crippen LogP contribution in [0, 0.1) is 0 Å². The molecule has 1 aliphatic heterocycles. The minimum atomic E-state index is 0.0145. The van der Waals surface area contributed by atoms with Crippen LogP contribution < -0.4 is 4.90 Å². The smallest absolute Gasteiger partial charge is 0.255 e. The minimum absolute atomic E-state index is 0.0145. The van der Waals surface area contributed by atoms with Gasteiger partial charge in [0.1, 0.15) is 0 Å². The molecule has 1 saturated heterocycles. The highest BCUT2D eigenvalue weighted by atomic mass is 16.2. The Hall–Kier alpha value is -2.82. The summed E-state index contributed by atoms with van der Waals surface area (Å²) in [5, 5.41) is 0. The molecular weight excluding hydrogens is 324 g/mol. The van der Waals surface area contributed by atoms with E-state index in [0.29, 0.717) is 12.1 Å². The van der Waals surface area contributed by atoms with Gasteiger partial charge in [0.15, 0.2) is 0 Å². The number of piperidine rings is 1. The maximum Gasteiger partial charge on any atom is 0.255 e. The Bertz CT molecular complexity index is 894. The molecule has 0 radical (unpaired) electrons. The number of carbonyl (C=O) groups excluding carboxylic acids is 1. The van der Waals surface area contributed by atoms with Gasteiger partial charge in [0, 0.05) is 38.6 Å². The summed E-state index contributed by atoms with van der Waals surface area (Å²) in [5.41, 5.74) is 4.08. The zero-order valence-electron chi connectivity index (χ0n) is 15.1. The van der Waals surface area contributed by atoms with E-state index >= 15 is 0 Å². The third kappa shape index (κ3) is 3.43.